The van der Waals surface area contributed by atoms with Crippen LogP contribution in [0.3, 0.4) is 0 Å². The second-order valence-electron chi connectivity index (χ2n) is 11.2. The third kappa shape index (κ3) is 6.02. The number of ether oxygens (including phenoxy) is 1. The summed E-state index contributed by atoms with van der Waals surface area (Å²) in [7, 11) is 0. The molecule has 0 amide bonds. The number of halogens is 3. The summed E-state index contributed by atoms with van der Waals surface area (Å²) in [5.41, 5.74) is 4.46. The number of anilines is 2. The van der Waals surface area contributed by atoms with Gasteiger partial charge in [0.15, 0.2) is 0 Å². The first-order chi connectivity index (χ1) is 18.4. The van der Waals surface area contributed by atoms with Gasteiger partial charge in [-0.2, -0.15) is 0 Å². The van der Waals surface area contributed by atoms with Crippen LogP contribution >= 0.6 is 0 Å². The van der Waals surface area contributed by atoms with Crippen molar-refractivity contribution >= 4 is 28.6 Å². The molecule has 1 aromatic heterocycles. The lowest BCUT2D eigenvalue weighted by Gasteiger charge is -2.40. The number of hydrogen-bond donors (Lipinski definition) is 2. The number of aromatic nitrogens is 2. The zero-order valence-electron chi connectivity index (χ0n) is 21.9. The number of alkyl halides is 3. The number of benzene rings is 3. The second-order valence-corrected chi connectivity index (χ2v) is 11.2. The van der Waals surface area contributed by atoms with Crippen LogP contribution in [-0.4, -0.2) is 27.0 Å². The van der Waals surface area contributed by atoms with E-state index < -0.39 is 12.3 Å². The summed E-state index contributed by atoms with van der Waals surface area (Å²) in [6.45, 7) is 6.82. The predicted molar refractivity (Wildman–Crippen MR) is 144 cm³/mol. The third-order valence-corrected chi connectivity index (χ3v) is 7.23. The smallest absolute Gasteiger partial charge is 0.478 e. The zero-order chi connectivity index (χ0) is 27.9. The van der Waals surface area contributed by atoms with E-state index in [0.29, 0.717) is 17.6 Å². The number of carboxylic acids is 1. The number of carbonyl (C=O) groups is 1. The molecular weight excluding hydrogens is 507 g/mol. The summed E-state index contributed by atoms with van der Waals surface area (Å²) in [6.07, 6.45) is -1.66. The quantitative estimate of drug-likeness (QED) is 0.258. The van der Waals surface area contributed by atoms with Gasteiger partial charge in [-0.1, -0.05) is 39.0 Å². The molecule has 0 saturated heterocycles. The number of nitrogens with zero attached hydrogens (tertiary/aromatic N) is 2. The van der Waals surface area contributed by atoms with E-state index in [1.165, 1.54) is 24.3 Å². The highest BCUT2D eigenvalue weighted by molar-refractivity contribution is 5.89. The zero-order valence-corrected chi connectivity index (χ0v) is 21.9. The van der Waals surface area contributed by atoms with Crippen LogP contribution in [0.1, 0.15) is 56.4 Å². The fourth-order valence-electron chi connectivity index (χ4n) is 5.90. The van der Waals surface area contributed by atoms with Gasteiger partial charge in [0, 0.05) is 11.7 Å². The van der Waals surface area contributed by atoms with Crippen LogP contribution in [0.2, 0.25) is 0 Å². The summed E-state index contributed by atoms with van der Waals surface area (Å²) >= 11 is 0. The van der Waals surface area contributed by atoms with E-state index in [1.807, 2.05) is 18.2 Å². The minimum Gasteiger partial charge on any atom is -0.478 e. The van der Waals surface area contributed by atoms with Crippen LogP contribution < -0.4 is 10.1 Å². The Morgan fingerprint density at radius 1 is 1.03 bits per heavy atom. The van der Waals surface area contributed by atoms with Crippen molar-refractivity contribution in [1.29, 1.82) is 0 Å². The Bertz CT molecular complexity index is 1490. The van der Waals surface area contributed by atoms with Crippen LogP contribution in [-0.2, 0) is 0 Å². The Morgan fingerprint density at radius 2 is 1.69 bits per heavy atom. The third-order valence-electron chi connectivity index (χ3n) is 7.23. The van der Waals surface area contributed by atoms with Gasteiger partial charge in [-0.15, -0.1) is 13.2 Å². The molecule has 0 bridgehead atoms. The van der Waals surface area contributed by atoms with Crippen molar-refractivity contribution in [3.63, 3.8) is 0 Å². The lowest BCUT2D eigenvalue weighted by Crippen LogP contribution is -2.29. The summed E-state index contributed by atoms with van der Waals surface area (Å²) in [4.78, 5) is 16.2. The van der Waals surface area contributed by atoms with E-state index in [2.05, 4.69) is 35.4 Å². The van der Waals surface area contributed by atoms with Gasteiger partial charge >= 0.3 is 12.3 Å². The van der Waals surface area contributed by atoms with Gasteiger partial charge in [0.25, 0.3) is 0 Å². The maximum absolute atomic E-state index is 12.6. The highest BCUT2D eigenvalue weighted by atomic mass is 19.4. The Morgan fingerprint density at radius 3 is 2.31 bits per heavy atom. The van der Waals surface area contributed by atoms with Gasteiger partial charge in [0.1, 0.15) is 5.75 Å². The fraction of sp³-hybridized carbons (Fsp3) is 0.333. The topological polar surface area (TPSA) is 76.4 Å². The van der Waals surface area contributed by atoms with Crippen molar-refractivity contribution in [1.82, 2.24) is 9.55 Å². The van der Waals surface area contributed by atoms with Crippen LogP contribution in [0.4, 0.5) is 24.8 Å². The molecule has 4 aromatic rings. The average molecular weight is 538 g/mol. The number of nitrogens with one attached hydrogen (secondary N) is 1. The number of hydrogen-bond acceptors (Lipinski definition) is 4. The van der Waals surface area contributed by atoms with Gasteiger partial charge in [-0.25, -0.2) is 9.78 Å². The molecule has 9 heteroatoms. The largest absolute Gasteiger partial charge is 0.573 e. The fourth-order valence-corrected chi connectivity index (χ4v) is 5.90. The first kappa shape index (κ1) is 26.6. The second kappa shape index (κ2) is 9.94. The van der Waals surface area contributed by atoms with E-state index in [9.17, 15) is 23.1 Å². The molecule has 5 rings (SSSR count). The average Bonchev–Trinajstić information content (AvgIpc) is 3.20. The summed E-state index contributed by atoms with van der Waals surface area (Å²) in [5.74, 6) is -0.130. The normalized spacial score (nSPS) is 19.1. The minimum absolute atomic E-state index is 0.151. The highest BCUT2D eigenvalue weighted by Crippen LogP contribution is 2.46. The monoisotopic (exact) mass is 537 g/mol. The SMILES string of the molecule is C[C@H]1C[C@@H](n2c(Nc3ccc(OC(F)(F)F)cc3)nc3cc(-c4ccc(C(=O)O)cc4)ccc32)CC(C)(C)C1. The van der Waals surface area contributed by atoms with Crippen molar-refractivity contribution in [2.75, 3.05) is 5.32 Å². The van der Waals surface area contributed by atoms with Gasteiger partial charge in [0.2, 0.25) is 5.95 Å². The molecule has 0 spiro atoms. The predicted octanol–water partition coefficient (Wildman–Crippen LogP) is 8.43. The standard InChI is InChI=1S/C30H30F3N3O3/c1-18-14-23(17-29(2,3)16-18)36-26-13-8-21(19-4-6-20(7-5-19)27(37)38)15-25(26)35-28(36)34-22-9-11-24(12-10-22)39-30(31,32)33/h4-13,15,18,23H,14,16-17H2,1-3H3,(H,34,35)(H,37,38)/t18-,23+/m0/s1. The van der Waals surface area contributed by atoms with E-state index in [-0.39, 0.29) is 22.8 Å². The maximum Gasteiger partial charge on any atom is 0.573 e. The first-order valence-electron chi connectivity index (χ1n) is 12.9. The lowest BCUT2D eigenvalue weighted by molar-refractivity contribution is -0.274. The van der Waals surface area contributed by atoms with E-state index >= 15 is 0 Å². The molecule has 0 radical (unpaired) electrons. The Kier molecular flexibility index (Phi) is 6.78. The number of rotatable bonds is 6. The Hall–Kier alpha value is -4.01. The van der Waals surface area contributed by atoms with Gasteiger partial charge in [-0.3, -0.25) is 0 Å². The summed E-state index contributed by atoms with van der Waals surface area (Å²) in [5, 5.41) is 12.5. The van der Waals surface area contributed by atoms with Crippen molar-refractivity contribution in [3.8, 4) is 16.9 Å². The molecule has 1 aliphatic carbocycles. The molecule has 39 heavy (non-hydrogen) atoms. The minimum atomic E-state index is -4.75. The molecule has 0 aliphatic heterocycles. The number of imidazole rings is 1. The van der Waals surface area contributed by atoms with Crippen LogP contribution in [0, 0.1) is 11.3 Å². The molecule has 1 fully saturated rings. The maximum atomic E-state index is 12.6. The molecule has 2 atom stereocenters. The highest BCUT2D eigenvalue weighted by Gasteiger charge is 2.35. The van der Waals surface area contributed by atoms with Crippen molar-refractivity contribution < 1.29 is 27.8 Å². The molecule has 1 heterocycles. The van der Waals surface area contributed by atoms with Crippen molar-refractivity contribution in [2.45, 2.75) is 52.4 Å². The molecule has 6 nitrogen and oxygen atoms in total. The molecule has 1 aliphatic rings. The van der Waals surface area contributed by atoms with Crippen molar-refractivity contribution in [2.24, 2.45) is 11.3 Å². The Labute approximate surface area is 224 Å². The Balaban J connectivity index is 1.54. The molecule has 2 N–H and O–H groups in total. The van der Waals surface area contributed by atoms with Gasteiger partial charge < -0.3 is 19.7 Å². The van der Waals surface area contributed by atoms with E-state index in [0.717, 1.165) is 41.4 Å². The van der Waals surface area contributed by atoms with Crippen LogP contribution in [0.25, 0.3) is 22.2 Å². The van der Waals surface area contributed by atoms with Gasteiger partial charge in [0.05, 0.1) is 16.6 Å². The summed E-state index contributed by atoms with van der Waals surface area (Å²) < 4.78 is 44.0. The van der Waals surface area contributed by atoms with Crippen LogP contribution in [0.5, 0.6) is 5.75 Å². The van der Waals surface area contributed by atoms with Crippen molar-refractivity contribution in [3.05, 3.63) is 72.3 Å². The van der Waals surface area contributed by atoms with E-state index in [4.69, 9.17) is 4.98 Å². The molecule has 204 valence electrons. The van der Waals surface area contributed by atoms with Crippen LogP contribution in [0.15, 0.2) is 66.7 Å². The van der Waals surface area contributed by atoms with E-state index in [1.54, 1.807) is 24.3 Å². The summed E-state index contributed by atoms with van der Waals surface area (Å²) in [6, 6.07) is 18.5. The molecule has 0 unspecified atom stereocenters. The number of aromatic carboxylic acids is 1. The lowest BCUT2D eigenvalue weighted by atomic mass is 9.70. The first-order valence-corrected chi connectivity index (χ1v) is 12.9. The molecular formula is C30H30F3N3O3. The van der Waals surface area contributed by atoms with Gasteiger partial charge in [-0.05, 0) is 90.3 Å². The molecule has 1 saturated carbocycles. The number of carboxylic acid groups (broad SMARTS) is 1. The number of fused-ring (bicyclic) bond motifs is 1. The molecule has 3 aromatic carbocycles.